The minimum Gasteiger partial charge on any atom is -0.496 e. The van der Waals surface area contributed by atoms with Crippen molar-refractivity contribution in [1.82, 2.24) is 0 Å². The van der Waals surface area contributed by atoms with Gasteiger partial charge in [-0.3, -0.25) is 0 Å². The lowest BCUT2D eigenvalue weighted by atomic mass is 9.98. The Morgan fingerprint density at radius 2 is 1.81 bits per heavy atom. The molecule has 0 aromatic heterocycles. The predicted octanol–water partition coefficient (Wildman–Crippen LogP) is 4.56. The van der Waals surface area contributed by atoms with Gasteiger partial charge in [0.1, 0.15) is 11.5 Å². The van der Waals surface area contributed by atoms with Crippen LogP contribution in [0.15, 0.2) is 40.9 Å². The van der Waals surface area contributed by atoms with Crippen LogP contribution < -0.4 is 15.2 Å². The predicted molar refractivity (Wildman–Crippen MR) is 89.3 cm³/mol. The second-order valence-corrected chi connectivity index (χ2v) is 5.83. The number of benzene rings is 2. The number of nitrogens with two attached hydrogens (primary N) is 1. The smallest absolute Gasteiger partial charge is 0.124 e. The molecule has 2 rings (SSSR count). The van der Waals surface area contributed by atoms with Gasteiger partial charge in [0.05, 0.1) is 19.8 Å². The Morgan fingerprint density at radius 1 is 1.14 bits per heavy atom. The van der Waals surface area contributed by atoms with E-state index in [1.165, 1.54) is 0 Å². The quantitative estimate of drug-likeness (QED) is 0.839. The van der Waals surface area contributed by atoms with E-state index in [2.05, 4.69) is 15.9 Å². The number of rotatable bonds is 5. The Kier molecular flexibility index (Phi) is 5.51. The summed E-state index contributed by atoms with van der Waals surface area (Å²) in [5, 5.41) is 0.620. The first kappa shape index (κ1) is 16.1. The summed E-state index contributed by atoms with van der Waals surface area (Å²) in [6.45, 7) is 2.52. The molecule has 1 atom stereocenters. The van der Waals surface area contributed by atoms with Gasteiger partial charge in [0, 0.05) is 20.6 Å². The summed E-state index contributed by atoms with van der Waals surface area (Å²) in [5.41, 5.74) is 8.13. The van der Waals surface area contributed by atoms with Gasteiger partial charge < -0.3 is 15.2 Å². The summed E-state index contributed by atoms with van der Waals surface area (Å²) in [6.07, 6.45) is 0. The average Bonchev–Trinajstić information content (AvgIpc) is 2.48. The van der Waals surface area contributed by atoms with E-state index in [9.17, 15) is 0 Å². The topological polar surface area (TPSA) is 44.5 Å². The second-order valence-electron chi connectivity index (χ2n) is 4.48. The SMILES string of the molecule is CCOc1ccc(Br)cc1C(N)c1cc(Cl)ccc1OC. The number of hydrogen-bond donors (Lipinski definition) is 1. The third-order valence-corrected chi connectivity index (χ3v) is 3.86. The minimum atomic E-state index is -0.391. The first-order chi connectivity index (χ1) is 10.1. The Labute approximate surface area is 138 Å². The van der Waals surface area contributed by atoms with Crippen molar-refractivity contribution in [3.8, 4) is 11.5 Å². The molecule has 0 aliphatic carbocycles. The zero-order valence-electron chi connectivity index (χ0n) is 11.9. The van der Waals surface area contributed by atoms with Crippen molar-refractivity contribution in [3.05, 3.63) is 57.0 Å². The van der Waals surface area contributed by atoms with Crippen LogP contribution >= 0.6 is 27.5 Å². The van der Waals surface area contributed by atoms with Gasteiger partial charge in [-0.25, -0.2) is 0 Å². The fourth-order valence-corrected chi connectivity index (χ4v) is 2.72. The highest BCUT2D eigenvalue weighted by molar-refractivity contribution is 9.10. The highest BCUT2D eigenvalue weighted by atomic mass is 79.9. The highest BCUT2D eigenvalue weighted by Gasteiger charge is 2.19. The maximum absolute atomic E-state index is 6.42. The summed E-state index contributed by atoms with van der Waals surface area (Å²) in [6, 6.07) is 10.8. The summed E-state index contributed by atoms with van der Waals surface area (Å²) in [7, 11) is 1.61. The number of ether oxygens (including phenoxy) is 2. The van der Waals surface area contributed by atoms with Crippen LogP contribution in [0.5, 0.6) is 11.5 Å². The van der Waals surface area contributed by atoms with Crippen LogP contribution in [-0.4, -0.2) is 13.7 Å². The molecule has 3 nitrogen and oxygen atoms in total. The lowest BCUT2D eigenvalue weighted by molar-refractivity contribution is 0.335. The van der Waals surface area contributed by atoms with E-state index < -0.39 is 6.04 Å². The molecule has 0 amide bonds. The fraction of sp³-hybridized carbons (Fsp3) is 0.250. The van der Waals surface area contributed by atoms with Crippen LogP contribution in [-0.2, 0) is 0 Å². The number of halogens is 2. The molecular formula is C16H17BrClNO2. The van der Waals surface area contributed by atoms with Gasteiger partial charge in [-0.15, -0.1) is 0 Å². The van der Waals surface area contributed by atoms with Crippen molar-refractivity contribution in [3.63, 3.8) is 0 Å². The lowest BCUT2D eigenvalue weighted by Crippen LogP contribution is -2.15. The molecule has 0 saturated carbocycles. The van der Waals surface area contributed by atoms with Crippen molar-refractivity contribution in [2.45, 2.75) is 13.0 Å². The molecule has 112 valence electrons. The molecule has 0 saturated heterocycles. The molecule has 0 aliphatic heterocycles. The molecule has 0 aliphatic rings. The van der Waals surface area contributed by atoms with E-state index in [1.54, 1.807) is 13.2 Å². The number of methoxy groups -OCH3 is 1. The molecule has 5 heteroatoms. The third-order valence-electron chi connectivity index (χ3n) is 3.13. The van der Waals surface area contributed by atoms with E-state index in [0.717, 1.165) is 21.3 Å². The van der Waals surface area contributed by atoms with Gasteiger partial charge in [-0.2, -0.15) is 0 Å². The van der Waals surface area contributed by atoms with Gasteiger partial charge in [0.2, 0.25) is 0 Å². The summed E-state index contributed by atoms with van der Waals surface area (Å²) in [4.78, 5) is 0. The molecule has 21 heavy (non-hydrogen) atoms. The second kappa shape index (κ2) is 7.16. The highest BCUT2D eigenvalue weighted by Crippen LogP contribution is 2.36. The Hall–Kier alpha value is -1.23. The molecule has 0 heterocycles. The van der Waals surface area contributed by atoms with E-state index >= 15 is 0 Å². The normalized spacial score (nSPS) is 12.0. The van der Waals surface area contributed by atoms with Crippen LogP contribution in [0.1, 0.15) is 24.1 Å². The van der Waals surface area contributed by atoms with Crippen molar-refractivity contribution in [2.24, 2.45) is 5.73 Å². The fourth-order valence-electron chi connectivity index (χ4n) is 2.17. The molecule has 2 aromatic rings. The minimum absolute atomic E-state index is 0.391. The van der Waals surface area contributed by atoms with Crippen LogP contribution in [0.4, 0.5) is 0 Å². The first-order valence-corrected chi connectivity index (χ1v) is 7.75. The summed E-state index contributed by atoms with van der Waals surface area (Å²) < 4.78 is 12.0. The standard InChI is InChI=1S/C16H17BrClNO2/c1-3-21-15-6-4-10(17)8-12(15)16(19)13-9-11(18)5-7-14(13)20-2/h4-9,16H,3,19H2,1-2H3. The average molecular weight is 371 g/mol. The molecule has 0 bridgehead atoms. The Bertz CT molecular complexity index is 634. The third kappa shape index (κ3) is 3.70. The van der Waals surface area contributed by atoms with Crippen LogP contribution in [0.25, 0.3) is 0 Å². The lowest BCUT2D eigenvalue weighted by Gasteiger charge is -2.19. The largest absolute Gasteiger partial charge is 0.496 e. The maximum atomic E-state index is 6.42. The van der Waals surface area contributed by atoms with Crippen molar-refractivity contribution in [1.29, 1.82) is 0 Å². The van der Waals surface area contributed by atoms with Crippen molar-refractivity contribution in [2.75, 3.05) is 13.7 Å². The van der Waals surface area contributed by atoms with Crippen molar-refractivity contribution >= 4 is 27.5 Å². The van der Waals surface area contributed by atoms with Gasteiger partial charge in [-0.05, 0) is 43.3 Å². The molecule has 2 N–H and O–H groups in total. The molecular weight excluding hydrogens is 354 g/mol. The van der Waals surface area contributed by atoms with Gasteiger partial charge in [0.25, 0.3) is 0 Å². The van der Waals surface area contributed by atoms with E-state index in [1.807, 2.05) is 37.3 Å². The molecule has 2 aromatic carbocycles. The summed E-state index contributed by atoms with van der Waals surface area (Å²) in [5.74, 6) is 1.46. The van der Waals surface area contributed by atoms with E-state index in [-0.39, 0.29) is 0 Å². The van der Waals surface area contributed by atoms with Gasteiger partial charge in [-0.1, -0.05) is 27.5 Å². The zero-order valence-corrected chi connectivity index (χ0v) is 14.2. The first-order valence-electron chi connectivity index (χ1n) is 6.58. The van der Waals surface area contributed by atoms with Gasteiger partial charge in [0.15, 0.2) is 0 Å². The van der Waals surface area contributed by atoms with Crippen LogP contribution in [0.2, 0.25) is 5.02 Å². The Morgan fingerprint density at radius 3 is 2.48 bits per heavy atom. The Balaban J connectivity index is 2.51. The molecule has 0 radical (unpaired) electrons. The molecule has 0 fully saturated rings. The number of hydrogen-bond acceptors (Lipinski definition) is 3. The van der Waals surface area contributed by atoms with Crippen molar-refractivity contribution < 1.29 is 9.47 Å². The summed E-state index contributed by atoms with van der Waals surface area (Å²) >= 11 is 9.56. The van der Waals surface area contributed by atoms with E-state index in [0.29, 0.717) is 17.4 Å². The van der Waals surface area contributed by atoms with Crippen LogP contribution in [0, 0.1) is 0 Å². The molecule has 1 unspecified atom stereocenters. The monoisotopic (exact) mass is 369 g/mol. The van der Waals surface area contributed by atoms with E-state index in [4.69, 9.17) is 26.8 Å². The maximum Gasteiger partial charge on any atom is 0.124 e. The zero-order chi connectivity index (χ0) is 15.4. The van der Waals surface area contributed by atoms with Gasteiger partial charge >= 0.3 is 0 Å². The van der Waals surface area contributed by atoms with Crippen LogP contribution in [0.3, 0.4) is 0 Å². The molecule has 0 spiro atoms.